The third kappa shape index (κ3) is 2.61. The summed E-state index contributed by atoms with van der Waals surface area (Å²) in [4.78, 5) is 1.28. The second kappa shape index (κ2) is 5.52. The molecule has 3 rings (SSSR count). The normalized spacial score (nSPS) is 34.0. The summed E-state index contributed by atoms with van der Waals surface area (Å²) in [6.07, 6.45) is 9.88. The van der Waals surface area contributed by atoms with Gasteiger partial charge in [-0.3, -0.25) is 0 Å². The maximum atomic E-state index is 6.46. The van der Waals surface area contributed by atoms with Crippen molar-refractivity contribution in [3.05, 3.63) is 21.3 Å². The Labute approximate surface area is 119 Å². The minimum atomic E-state index is 0.213. The van der Waals surface area contributed by atoms with Gasteiger partial charge in [-0.05, 0) is 49.1 Å². The summed E-state index contributed by atoms with van der Waals surface area (Å²) in [5, 5.41) is 0. The largest absolute Gasteiger partial charge is 0.323 e. The van der Waals surface area contributed by atoms with E-state index >= 15 is 0 Å². The molecule has 1 aromatic heterocycles. The number of thiophene rings is 1. The Bertz CT molecular complexity index is 403. The zero-order valence-electron chi connectivity index (χ0n) is 10.8. The SMILES string of the molecule is NC(c1ccc(Cl)s1)C1CCC2CCCCC2C1. The first-order chi connectivity index (χ1) is 8.74. The zero-order valence-corrected chi connectivity index (χ0v) is 12.3. The van der Waals surface area contributed by atoms with Crippen molar-refractivity contribution in [3.8, 4) is 0 Å². The van der Waals surface area contributed by atoms with Crippen LogP contribution in [-0.2, 0) is 0 Å². The van der Waals surface area contributed by atoms with Crippen LogP contribution < -0.4 is 5.73 Å². The second-order valence-electron chi connectivity index (χ2n) is 6.05. The molecule has 0 bridgehead atoms. The molecule has 4 unspecified atom stereocenters. The van der Waals surface area contributed by atoms with Crippen LogP contribution >= 0.6 is 22.9 Å². The molecule has 0 radical (unpaired) electrons. The first-order valence-corrected chi connectivity index (χ1v) is 8.44. The lowest BCUT2D eigenvalue weighted by Crippen LogP contribution is -2.32. The summed E-state index contributed by atoms with van der Waals surface area (Å²) >= 11 is 7.68. The molecule has 3 heteroatoms. The van der Waals surface area contributed by atoms with Crippen molar-refractivity contribution in [1.82, 2.24) is 0 Å². The molecule has 18 heavy (non-hydrogen) atoms. The lowest BCUT2D eigenvalue weighted by atomic mass is 9.66. The number of nitrogens with two attached hydrogens (primary N) is 1. The van der Waals surface area contributed by atoms with Crippen LogP contribution in [-0.4, -0.2) is 0 Å². The zero-order chi connectivity index (χ0) is 12.5. The van der Waals surface area contributed by atoms with Crippen LogP contribution in [0.5, 0.6) is 0 Å². The monoisotopic (exact) mass is 283 g/mol. The van der Waals surface area contributed by atoms with Gasteiger partial charge in [0.25, 0.3) is 0 Å². The van der Waals surface area contributed by atoms with Crippen molar-refractivity contribution in [3.63, 3.8) is 0 Å². The van der Waals surface area contributed by atoms with E-state index in [0.29, 0.717) is 5.92 Å². The van der Waals surface area contributed by atoms with Crippen molar-refractivity contribution in [2.75, 3.05) is 0 Å². The Morgan fingerprint density at radius 1 is 1.11 bits per heavy atom. The van der Waals surface area contributed by atoms with Crippen LogP contribution in [0.3, 0.4) is 0 Å². The second-order valence-corrected chi connectivity index (χ2v) is 7.79. The van der Waals surface area contributed by atoms with Crippen molar-refractivity contribution in [2.45, 2.75) is 51.0 Å². The fraction of sp³-hybridized carbons (Fsp3) is 0.733. The number of hydrogen-bond donors (Lipinski definition) is 1. The van der Waals surface area contributed by atoms with E-state index < -0.39 is 0 Å². The number of rotatable bonds is 2. The Morgan fingerprint density at radius 2 is 1.89 bits per heavy atom. The van der Waals surface area contributed by atoms with Gasteiger partial charge < -0.3 is 5.73 Å². The Morgan fingerprint density at radius 3 is 2.61 bits per heavy atom. The van der Waals surface area contributed by atoms with E-state index in [1.807, 2.05) is 6.07 Å². The standard InChI is InChI=1S/C15H22ClNS/c16-14-8-7-13(18-14)15(17)12-6-5-10-3-1-2-4-11(10)9-12/h7-8,10-12,15H,1-6,9,17H2. The van der Waals surface area contributed by atoms with Crippen LogP contribution in [0.4, 0.5) is 0 Å². The molecule has 2 saturated carbocycles. The molecule has 0 spiro atoms. The van der Waals surface area contributed by atoms with Gasteiger partial charge in [-0.2, -0.15) is 0 Å². The van der Waals surface area contributed by atoms with Gasteiger partial charge in [-0.1, -0.05) is 37.3 Å². The van der Waals surface area contributed by atoms with Crippen LogP contribution in [0.1, 0.15) is 55.9 Å². The van der Waals surface area contributed by atoms with E-state index in [-0.39, 0.29) is 6.04 Å². The highest BCUT2D eigenvalue weighted by Gasteiger charge is 2.35. The molecule has 100 valence electrons. The molecular formula is C15H22ClNS. The molecule has 0 aromatic carbocycles. The fourth-order valence-corrected chi connectivity index (χ4v) is 5.13. The van der Waals surface area contributed by atoms with Gasteiger partial charge in [0.1, 0.15) is 0 Å². The highest BCUT2D eigenvalue weighted by atomic mass is 35.5. The molecular weight excluding hydrogens is 262 g/mol. The average Bonchev–Trinajstić information content (AvgIpc) is 2.84. The van der Waals surface area contributed by atoms with Crippen LogP contribution in [0.15, 0.2) is 12.1 Å². The summed E-state index contributed by atoms with van der Waals surface area (Å²) < 4.78 is 0.867. The number of fused-ring (bicyclic) bond motifs is 1. The average molecular weight is 284 g/mol. The van der Waals surface area contributed by atoms with Gasteiger partial charge in [0, 0.05) is 10.9 Å². The molecule has 0 amide bonds. The van der Waals surface area contributed by atoms with E-state index in [4.69, 9.17) is 17.3 Å². The van der Waals surface area contributed by atoms with Gasteiger partial charge >= 0.3 is 0 Å². The minimum Gasteiger partial charge on any atom is -0.323 e. The molecule has 0 aliphatic heterocycles. The Hall–Kier alpha value is -0.0500. The lowest BCUT2D eigenvalue weighted by Gasteiger charge is -2.41. The summed E-state index contributed by atoms with van der Waals surface area (Å²) in [6, 6.07) is 4.31. The van der Waals surface area contributed by atoms with Gasteiger partial charge in [-0.15, -0.1) is 11.3 Å². The molecule has 2 aliphatic carbocycles. The predicted octanol–water partition coefficient (Wildman–Crippen LogP) is 5.01. The highest BCUT2D eigenvalue weighted by Crippen LogP contribution is 2.46. The molecule has 0 saturated heterocycles. The van der Waals surface area contributed by atoms with Crippen molar-refractivity contribution < 1.29 is 0 Å². The lowest BCUT2D eigenvalue weighted by molar-refractivity contribution is 0.118. The Balaban J connectivity index is 1.66. The molecule has 2 aliphatic rings. The topological polar surface area (TPSA) is 26.0 Å². The number of hydrogen-bond acceptors (Lipinski definition) is 2. The summed E-state index contributed by atoms with van der Waals surface area (Å²) in [5.74, 6) is 2.65. The first-order valence-electron chi connectivity index (χ1n) is 7.25. The minimum absolute atomic E-state index is 0.213. The third-order valence-corrected chi connectivity index (χ3v) is 6.34. The van der Waals surface area contributed by atoms with Crippen LogP contribution in [0.2, 0.25) is 4.34 Å². The van der Waals surface area contributed by atoms with Crippen molar-refractivity contribution in [2.24, 2.45) is 23.5 Å². The molecule has 4 atom stereocenters. The van der Waals surface area contributed by atoms with Gasteiger partial charge in [0.2, 0.25) is 0 Å². The summed E-state index contributed by atoms with van der Waals surface area (Å²) in [5.41, 5.74) is 6.46. The van der Waals surface area contributed by atoms with Crippen molar-refractivity contribution in [1.29, 1.82) is 0 Å². The molecule has 2 N–H and O–H groups in total. The summed E-state index contributed by atoms with van der Waals surface area (Å²) in [6.45, 7) is 0. The quantitative estimate of drug-likeness (QED) is 0.811. The maximum Gasteiger partial charge on any atom is 0.0931 e. The molecule has 1 nitrogen and oxygen atoms in total. The van der Waals surface area contributed by atoms with Crippen LogP contribution in [0.25, 0.3) is 0 Å². The van der Waals surface area contributed by atoms with Crippen molar-refractivity contribution >= 4 is 22.9 Å². The third-order valence-electron chi connectivity index (χ3n) is 5.01. The summed E-state index contributed by atoms with van der Waals surface area (Å²) in [7, 11) is 0. The van der Waals surface area contributed by atoms with Crippen LogP contribution in [0, 0.1) is 17.8 Å². The maximum absolute atomic E-state index is 6.46. The van der Waals surface area contributed by atoms with E-state index in [2.05, 4.69) is 6.07 Å². The van der Waals surface area contributed by atoms with E-state index in [9.17, 15) is 0 Å². The van der Waals surface area contributed by atoms with Gasteiger partial charge in [0.05, 0.1) is 4.34 Å². The predicted molar refractivity (Wildman–Crippen MR) is 79.0 cm³/mol. The smallest absolute Gasteiger partial charge is 0.0931 e. The fourth-order valence-electron chi connectivity index (χ4n) is 3.98. The van der Waals surface area contributed by atoms with Gasteiger partial charge in [0.15, 0.2) is 0 Å². The molecule has 1 heterocycles. The number of halogens is 1. The van der Waals surface area contributed by atoms with E-state index in [1.54, 1.807) is 11.3 Å². The van der Waals surface area contributed by atoms with Gasteiger partial charge in [-0.25, -0.2) is 0 Å². The highest BCUT2D eigenvalue weighted by molar-refractivity contribution is 7.16. The molecule has 2 fully saturated rings. The van der Waals surface area contributed by atoms with E-state index in [1.165, 1.54) is 49.8 Å². The molecule has 1 aromatic rings. The Kier molecular flexibility index (Phi) is 3.97. The van der Waals surface area contributed by atoms with E-state index in [0.717, 1.165) is 16.2 Å². The first kappa shape index (κ1) is 13.0.